The molecule has 1 atom stereocenters. The van der Waals surface area contributed by atoms with E-state index in [0.29, 0.717) is 11.3 Å². The smallest absolute Gasteiger partial charge is 0.326 e. The Labute approximate surface area is 147 Å². The van der Waals surface area contributed by atoms with Crippen LogP contribution in [-0.2, 0) is 11.2 Å². The molecule has 0 heterocycles. The van der Waals surface area contributed by atoms with Gasteiger partial charge in [0.15, 0.2) is 11.6 Å². The number of carboxylic acids is 1. The Morgan fingerprint density at radius 1 is 1.28 bits per heavy atom. The van der Waals surface area contributed by atoms with Crippen LogP contribution < -0.4 is 10.1 Å². The van der Waals surface area contributed by atoms with E-state index < -0.39 is 35.1 Å². The predicted octanol–water partition coefficient (Wildman–Crippen LogP) is 3.05. The summed E-state index contributed by atoms with van der Waals surface area (Å²) in [6.45, 7) is 0. The van der Waals surface area contributed by atoms with Crippen molar-refractivity contribution < 1.29 is 28.2 Å². The van der Waals surface area contributed by atoms with E-state index in [2.05, 4.69) is 5.32 Å². The van der Waals surface area contributed by atoms with Gasteiger partial charge in [0.05, 0.1) is 17.7 Å². The van der Waals surface area contributed by atoms with Crippen LogP contribution in [0.5, 0.6) is 5.75 Å². The molecule has 0 radical (unpaired) electrons. The van der Waals surface area contributed by atoms with Gasteiger partial charge in [-0.05, 0) is 29.8 Å². The minimum absolute atomic E-state index is 0.0955. The third kappa shape index (κ3) is 4.45. The molecular weight excluding hydrogens is 356 g/mol. The molecule has 1 amide bonds. The SMILES string of the molecule is COc1ccc(C[C@H](NC(=O)c2cccc(F)c2F)C(=O)O)cc1Cl. The largest absolute Gasteiger partial charge is 0.495 e. The molecule has 25 heavy (non-hydrogen) atoms. The molecule has 132 valence electrons. The molecule has 0 aromatic heterocycles. The van der Waals surface area contributed by atoms with E-state index in [1.807, 2.05) is 0 Å². The lowest BCUT2D eigenvalue weighted by Gasteiger charge is -2.15. The topological polar surface area (TPSA) is 75.6 Å². The quantitative estimate of drug-likeness (QED) is 0.820. The van der Waals surface area contributed by atoms with Gasteiger partial charge in [0.1, 0.15) is 11.8 Å². The summed E-state index contributed by atoms with van der Waals surface area (Å²) in [7, 11) is 1.44. The molecule has 0 saturated carbocycles. The van der Waals surface area contributed by atoms with Crippen LogP contribution in [0.4, 0.5) is 8.78 Å². The molecule has 2 aromatic rings. The number of benzene rings is 2. The summed E-state index contributed by atoms with van der Waals surface area (Å²) >= 11 is 5.98. The molecule has 0 fully saturated rings. The maximum Gasteiger partial charge on any atom is 0.326 e. The average molecular weight is 370 g/mol. The van der Waals surface area contributed by atoms with Gasteiger partial charge in [0.25, 0.3) is 5.91 Å². The van der Waals surface area contributed by atoms with E-state index in [-0.39, 0.29) is 11.4 Å². The summed E-state index contributed by atoms with van der Waals surface area (Å²) in [6, 6.07) is 6.40. The number of halogens is 3. The van der Waals surface area contributed by atoms with Crippen LogP contribution in [0.1, 0.15) is 15.9 Å². The van der Waals surface area contributed by atoms with Crippen LogP contribution >= 0.6 is 11.6 Å². The van der Waals surface area contributed by atoms with Gasteiger partial charge in [-0.1, -0.05) is 23.7 Å². The highest BCUT2D eigenvalue weighted by molar-refractivity contribution is 6.32. The second kappa shape index (κ2) is 7.94. The Kier molecular flexibility index (Phi) is 5.93. The number of carbonyl (C=O) groups excluding carboxylic acids is 1. The molecule has 0 spiro atoms. The number of amides is 1. The third-order valence-corrected chi connectivity index (χ3v) is 3.75. The molecule has 2 rings (SSSR count). The summed E-state index contributed by atoms with van der Waals surface area (Å²) in [5, 5.41) is 11.7. The minimum atomic E-state index is -1.35. The normalized spacial score (nSPS) is 11.7. The fourth-order valence-electron chi connectivity index (χ4n) is 2.19. The Morgan fingerprint density at radius 2 is 2.00 bits per heavy atom. The second-order valence-corrected chi connectivity index (χ2v) is 5.55. The Morgan fingerprint density at radius 3 is 2.60 bits per heavy atom. The number of rotatable bonds is 6. The van der Waals surface area contributed by atoms with Crippen LogP contribution in [0.3, 0.4) is 0 Å². The van der Waals surface area contributed by atoms with Gasteiger partial charge in [-0.25, -0.2) is 13.6 Å². The molecule has 0 aliphatic heterocycles. The number of nitrogens with one attached hydrogen (secondary N) is 1. The Bertz CT molecular complexity index is 813. The van der Waals surface area contributed by atoms with Gasteiger partial charge in [-0.15, -0.1) is 0 Å². The van der Waals surface area contributed by atoms with Gasteiger partial charge in [0.2, 0.25) is 0 Å². The lowest BCUT2D eigenvalue weighted by Crippen LogP contribution is -2.42. The third-order valence-electron chi connectivity index (χ3n) is 3.46. The first-order valence-corrected chi connectivity index (χ1v) is 7.51. The Balaban J connectivity index is 2.18. The van der Waals surface area contributed by atoms with Crippen molar-refractivity contribution in [1.82, 2.24) is 5.32 Å². The van der Waals surface area contributed by atoms with E-state index in [9.17, 15) is 23.5 Å². The summed E-state index contributed by atoms with van der Waals surface area (Å²) < 4.78 is 31.9. The maximum atomic E-state index is 13.7. The second-order valence-electron chi connectivity index (χ2n) is 5.14. The van der Waals surface area contributed by atoms with Crippen LogP contribution in [0.15, 0.2) is 36.4 Å². The van der Waals surface area contributed by atoms with Crippen molar-refractivity contribution in [3.05, 3.63) is 64.2 Å². The van der Waals surface area contributed by atoms with Crippen LogP contribution in [0.25, 0.3) is 0 Å². The van der Waals surface area contributed by atoms with E-state index in [1.165, 1.54) is 13.2 Å². The molecule has 0 bridgehead atoms. The summed E-state index contributed by atoms with van der Waals surface area (Å²) in [4.78, 5) is 23.5. The number of carbonyl (C=O) groups is 2. The molecule has 8 heteroatoms. The van der Waals surface area contributed by atoms with Gasteiger partial charge >= 0.3 is 5.97 Å². The molecule has 5 nitrogen and oxygen atoms in total. The molecule has 2 aromatic carbocycles. The van der Waals surface area contributed by atoms with Crippen LogP contribution in [0.2, 0.25) is 5.02 Å². The fourth-order valence-corrected chi connectivity index (χ4v) is 2.47. The first kappa shape index (κ1) is 18.7. The first-order valence-electron chi connectivity index (χ1n) is 7.13. The zero-order valence-corrected chi connectivity index (χ0v) is 13.8. The predicted molar refractivity (Wildman–Crippen MR) is 87.0 cm³/mol. The summed E-state index contributed by atoms with van der Waals surface area (Å²) in [6.07, 6.45) is -0.0955. The van der Waals surface area contributed by atoms with E-state index >= 15 is 0 Å². The number of hydrogen-bond donors (Lipinski definition) is 2. The van der Waals surface area contributed by atoms with Crippen molar-refractivity contribution >= 4 is 23.5 Å². The zero-order valence-electron chi connectivity index (χ0n) is 13.1. The Hall–Kier alpha value is -2.67. The lowest BCUT2D eigenvalue weighted by molar-refractivity contribution is -0.139. The minimum Gasteiger partial charge on any atom is -0.495 e. The number of carboxylic acid groups (broad SMARTS) is 1. The highest BCUT2D eigenvalue weighted by Gasteiger charge is 2.24. The van der Waals surface area contributed by atoms with Crippen molar-refractivity contribution in [3.63, 3.8) is 0 Å². The molecular formula is C17H14ClF2NO4. The van der Waals surface area contributed by atoms with Crippen molar-refractivity contribution in [2.75, 3.05) is 7.11 Å². The maximum absolute atomic E-state index is 13.7. The van der Waals surface area contributed by atoms with Gasteiger partial charge in [-0.3, -0.25) is 4.79 Å². The lowest BCUT2D eigenvalue weighted by atomic mass is 10.0. The van der Waals surface area contributed by atoms with Crippen molar-refractivity contribution in [2.45, 2.75) is 12.5 Å². The van der Waals surface area contributed by atoms with Crippen molar-refractivity contribution in [3.8, 4) is 5.75 Å². The standard InChI is InChI=1S/C17H14ClF2NO4/c1-25-14-6-5-9(7-11(14)18)8-13(17(23)24)21-16(22)10-3-2-4-12(19)15(10)20/h2-7,13H,8H2,1H3,(H,21,22)(H,23,24)/t13-/m0/s1. The average Bonchev–Trinajstić information content (AvgIpc) is 2.56. The fraction of sp³-hybridized carbons (Fsp3) is 0.176. The monoisotopic (exact) mass is 369 g/mol. The summed E-state index contributed by atoms with van der Waals surface area (Å²) in [5.41, 5.74) is -0.0442. The van der Waals surface area contributed by atoms with Crippen molar-refractivity contribution in [2.24, 2.45) is 0 Å². The first-order chi connectivity index (χ1) is 11.8. The molecule has 0 aliphatic rings. The molecule has 0 aliphatic carbocycles. The van der Waals surface area contributed by atoms with E-state index in [0.717, 1.165) is 18.2 Å². The molecule has 0 saturated heterocycles. The number of hydrogen-bond acceptors (Lipinski definition) is 3. The highest BCUT2D eigenvalue weighted by Crippen LogP contribution is 2.25. The van der Waals surface area contributed by atoms with Crippen molar-refractivity contribution in [1.29, 1.82) is 0 Å². The summed E-state index contributed by atoms with van der Waals surface area (Å²) in [5.74, 6) is -4.46. The van der Waals surface area contributed by atoms with Gasteiger partial charge < -0.3 is 15.2 Å². The van der Waals surface area contributed by atoms with E-state index in [1.54, 1.807) is 12.1 Å². The van der Waals surface area contributed by atoms with Crippen LogP contribution in [0, 0.1) is 11.6 Å². The number of methoxy groups -OCH3 is 1. The van der Waals surface area contributed by atoms with E-state index in [4.69, 9.17) is 16.3 Å². The van der Waals surface area contributed by atoms with Gasteiger partial charge in [0, 0.05) is 6.42 Å². The number of aliphatic carboxylic acids is 1. The highest BCUT2D eigenvalue weighted by atomic mass is 35.5. The molecule has 2 N–H and O–H groups in total. The zero-order chi connectivity index (χ0) is 18.6. The van der Waals surface area contributed by atoms with Crippen LogP contribution in [-0.4, -0.2) is 30.1 Å². The number of ether oxygens (including phenoxy) is 1. The van der Waals surface area contributed by atoms with Gasteiger partial charge in [-0.2, -0.15) is 0 Å². The molecule has 0 unspecified atom stereocenters.